The highest BCUT2D eigenvalue weighted by Crippen LogP contribution is 2.34. The number of aryl methyl sites for hydroxylation is 1. The van der Waals surface area contributed by atoms with Gasteiger partial charge in [0.25, 0.3) is 0 Å². The van der Waals surface area contributed by atoms with E-state index in [1.165, 1.54) is 53.0 Å². The van der Waals surface area contributed by atoms with Crippen molar-refractivity contribution in [3.05, 3.63) is 78.4 Å². The lowest BCUT2D eigenvalue weighted by atomic mass is 9.95. The summed E-state index contributed by atoms with van der Waals surface area (Å²) in [6.07, 6.45) is 6.29. The smallest absolute Gasteiger partial charge is 0.0788 e. The van der Waals surface area contributed by atoms with Gasteiger partial charge in [-0.15, -0.1) is 0 Å². The van der Waals surface area contributed by atoms with Crippen molar-refractivity contribution in [3.63, 3.8) is 0 Å². The maximum Gasteiger partial charge on any atom is 0.0788 e. The highest BCUT2D eigenvalue weighted by Gasteiger charge is 2.12. The van der Waals surface area contributed by atoms with Crippen LogP contribution in [0.2, 0.25) is 0 Å². The molecule has 0 aliphatic heterocycles. The molecule has 0 aliphatic rings. The van der Waals surface area contributed by atoms with Gasteiger partial charge in [-0.2, -0.15) is 0 Å². The Bertz CT molecular complexity index is 1020. The Morgan fingerprint density at radius 3 is 2.27 bits per heavy atom. The second-order valence-corrected chi connectivity index (χ2v) is 6.99. The number of pyridine rings is 1. The molecule has 0 radical (unpaired) electrons. The molecular weight excluding hydrogens is 314 g/mol. The van der Waals surface area contributed by atoms with E-state index < -0.39 is 0 Å². The Morgan fingerprint density at radius 2 is 1.46 bits per heavy atom. The van der Waals surface area contributed by atoms with Gasteiger partial charge >= 0.3 is 0 Å². The van der Waals surface area contributed by atoms with Crippen molar-refractivity contribution in [2.75, 3.05) is 0 Å². The van der Waals surface area contributed by atoms with Crippen molar-refractivity contribution in [1.82, 2.24) is 4.98 Å². The van der Waals surface area contributed by atoms with Gasteiger partial charge in [-0.25, -0.2) is 4.98 Å². The molecular formula is C25H25N. The summed E-state index contributed by atoms with van der Waals surface area (Å²) in [5.74, 6) is 0. The van der Waals surface area contributed by atoms with Crippen molar-refractivity contribution < 1.29 is 0 Å². The van der Waals surface area contributed by atoms with E-state index in [0.29, 0.717) is 0 Å². The predicted octanol–water partition coefficient (Wildman–Crippen LogP) is 7.18. The minimum atomic E-state index is 1.08. The van der Waals surface area contributed by atoms with E-state index >= 15 is 0 Å². The fourth-order valence-electron chi connectivity index (χ4n) is 3.85. The van der Waals surface area contributed by atoms with Crippen LogP contribution < -0.4 is 0 Å². The van der Waals surface area contributed by atoms with Gasteiger partial charge in [-0.1, -0.05) is 92.9 Å². The Balaban J connectivity index is 1.89. The SMILES string of the molecule is CCCCCCc1cccc2nc(-c3ccccc3)c3ccccc3c12. The van der Waals surface area contributed by atoms with Gasteiger partial charge in [-0.05, 0) is 29.9 Å². The summed E-state index contributed by atoms with van der Waals surface area (Å²) < 4.78 is 0. The molecule has 4 aromatic rings. The van der Waals surface area contributed by atoms with Crippen LogP contribution in [0.25, 0.3) is 32.9 Å². The molecule has 0 amide bonds. The highest BCUT2D eigenvalue weighted by molar-refractivity contribution is 6.12. The van der Waals surface area contributed by atoms with E-state index in [4.69, 9.17) is 4.98 Å². The molecule has 0 saturated heterocycles. The molecule has 1 aromatic heterocycles. The minimum absolute atomic E-state index is 1.08. The molecule has 0 bridgehead atoms. The minimum Gasteiger partial charge on any atom is -0.247 e. The number of fused-ring (bicyclic) bond motifs is 3. The van der Waals surface area contributed by atoms with Crippen LogP contribution in [0, 0.1) is 0 Å². The molecule has 0 fully saturated rings. The first-order chi connectivity index (χ1) is 12.9. The van der Waals surface area contributed by atoms with Crippen molar-refractivity contribution in [2.24, 2.45) is 0 Å². The first-order valence-electron chi connectivity index (χ1n) is 9.74. The zero-order chi connectivity index (χ0) is 17.8. The van der Waals surface area contributed by atoms with Crippen molar-refractivity contribution in [1.29, 1.82) is 0 Å². The van der Waals surface area contributed by atoms with Gasteiger partial charge in [0.2, 0.25) is 0 Å². The largest absolute Gasteiger partial charge is 0.247 e. The average Bonchev–Trinajstić information content (AvgIpc) is 2.71. The maximum absolute atomic E-state index is 5.08. The Labute approximate surface area is 155 Å². The van der Waals surface area contributed by atoms with Gasteiger partial charge in [0, 0.05) is 16.3 Å². The fourth-order valence-corrected chi connectivity index (χ4v) is 3.85. The topological polar surface area (TPSA) is 12.9 Å². The standard InChI is InChI=1S/C25H25N/c1-2-3-4-6-12-19-15-11-18-23-24(19)21-16-9-10-17-22(21)25(26-23)20-13-7-5-8-14-20/h5,7-11,13-18H,2-4,6,12H2,1H3. The maximum atomic E-state index is 5.08. The lowest BCUT2D eigenvalue weighted by Crippen LogP contribution is -1.94. The molecule has 0 saturated carbocycles. The number of hydrogen-bond donors (Lipinski definition) is 0. The quantitative estimate of drug-likeness (QED) is 0.268. The summed E-state index contributed by atoms with van der Waals surface area (Å²) in [7, 11) is 0. The van der Waals surface area contributed by atoms with Gasteiger partial charge in [-0.3, -0.25) is 0 Å². The third kappa shape index (κ3) is 3.22. The first kappa shape index (κ1) is 16.8. The number of benzene rings is 3. The molecule has 0 atom stereocenters. The second kappa shape index (κ2) is 7.70. The Hall–Kier alpha value is -2.67. The average molecular weight is 339 g/mol. The zero-order valence-corrected chi connectivity index (χ0v) is 15.4. The summed E-state index contributed by atoms with van der Waals surface area (Å²) >= 11 is 0. The van der Waals surface area contributed by atoms with Crippen LogP contribution in [0.3, 0.4) is 0 Å². The van der Waals surface area contributed by atoms with E-state index in [9.17, 15) is 0 Å². The Kier molecular flexibility index (Phi) is 4.97. The molecule has 26 heavy (non-hydrogen) atoms. The number of rotatable bonds is 6. The monoisotopic (exact) mass is 339 g/mol. The summed E-state index contributed by atoms with van der Waals surface area (Å²) in [6, 6.07) is 25.8. The molecule has 4 rings (SSSR count). The van der Waals surface area contributed by atoms with E-state index in [0.717, 1.165) is 17.6 Å². The predicted molar refractivity (Wildman–Crippen MR) is 113 cm³/mol. The first-order valence-corrected chi connectivity index (χ1v) is 9.74. The number of hydrogen-bond acceptors (Lipinski definition) is 1. The summed E-state index contributed by atoms with van der Waals surface area (Å²) in [6.45, 7) is 2.26. The summed E-state index contributed by atoms with van der Waals surface area (Å²) in [4.78, 5) is 5.08. The van der Waals surface area contributed by atoms with E-state index in [1.807, 2.05) is 0 Å². The molecule has 0 spiro atoms. The second-order valence-electron chi connectivity index (χ2n) is 6.99. The highest BCUT2D eigenvalue weighted by atomic mass is 14.7. The van der Waals surface area contributed by atoms with Crippen LogP contribution in [0.15, 0.2) is 72.8 Å². The molecule has 0 aliphatic carbocycles. The van der Waals surface area contributed by atoms with Crippen LogP contribution >= 0.6 is 0 Å². The zero-order valence-electron chi connectivity index (χ0n) is 15.4. The van der Waals surface area contributed by atoms with Crippen LogP contribution in [-0.4, -0.2) is 4.98 Å². The van der Waals surface area contributed by atoms with Gasteiger partial charge in [0.15, 0.2) is 0 Å². The van der Waals surface area contributed by atoms with Crippen LogP contribution in [0.1, 0.15) is 38.2 Å². The summed E-state index contributed by atoms with van der Waals surface area (Å²) in [5, 5.41) is 3.90. The fraction of sp³-hybridized carbons (Fsp3) is 0.240. The van der Waals surface area contributed by atoms with Crippen molar-refractivity contribution in [2.45, 2.75) is 39.0 Å². The van der Waals surface area contributed by atoms with Gasteiger partial charge in [0.1, 0.15) is 0 Å². The molecule has 1 nitrogen and oxygen atoms in total. The number of aromatic nitrogens is 1. The van der Waals surface area contributed by atoms with Crippen molar-refractivity contribution in [3.8, 4) is 11.3 Å². The summed E-state index contributed by atoms with van der Waals surface area (Å²) in [5.41, 5.74) is 4.80. The molecule has 1 heteroatoms. The number of nitrogens with zero attached hydrogens (tertiary/aromatic N) is 1. The molecule has 0 N–H and O–H groups in total. The van der Waals surface area contributed by atoms with Crippen LogP contribution in [0.5, 0.6) is 0 Å². The molecule has 3 aromatic carbocycles. The number of unbranched alkanes of at least 4 members (excludes halogenated alkanes) is 3. The van der Waals surface area contributed by atoms with Crippen LogP contribution in [-0.2, 0) is 6.42 Å². The van der Waals surface area contributed by atoms with E-state index in [-0.39, 0.29) is 0 Å². The molecule has 0 unspecified atom stereocenters. The van der Waals surface area contributed by atoms with Crippen LogP contribution in [0.4, 0.5) is 0 Å². The van der Waals surface area contributed by atoms with Crippen molar-refractivity contribution >= 4 is 21.7 Å². The third-order valence-corrected chi connectivity index (χ3v) is 5.16. The lowest BCUT2D eigenvalue weighted by Gasteiger charge is -2.13. The van der Waals surface area contributed by atoms with E-state index in [1.54, 1.807) is 0 Å². The Morgan fingerprint density at radius 1 is 0.692 bits per heavy atom. The molecule has 130 valence electrons. The van der Waals surface area contributed by atoms with Gasteiger partial charge in [0.05, 0.1) is 11.2 Å². The van der Waals surface area contributed by atoms with Gasteiger partial charge < -0.3 is 0 Å². The van der Waals surface area contributed by atoms with E-state index in [2.05, 4.69) is 79.7 Å². The molecule has 1 heterocycles. The lowest BCUT2D eigenvalue weighted by molar-refractivity contribution is 0.668. The third-order valence-electron chi connectivity index (χ3n) is 5.16. The normalized spacial score (nSPS) is 11.3.